The van der Waals surface area contributed by atoms with Gasteiger partial charge in [0.05, 0.1) is 0 Å². The van der Waals surface area contributed by atoms with Gasteiger partial charge >= 0.3 is 0 Å². The van der Waals surface area contributed by atoms with Crippen LogP contribution in [0, 0.1) is 5.92 Å². The maximum absolute atomic E-state index is 4.51. The predicted octanol–water partition coefficient (Wildman–Crippen LogP) is 6.23. The lowest BCUT2D eigenvalue weighted by Crippen LogP contribution is -2.14. The molecule has 1 aromatic carbocycles. The fourth-order valence-electron chi connectivity index (χ4n) is 4.32. The van der Waals surface area contributed by atoms with Crippen molar-refractivity contribution in [2.75, 3.05) is 0 Å². The minimum absolute atomic E-state index is 0.420. The maximum Gasteiger partial charge on any atom is 0.0317 e. The fourth-order valence-corrected chi connectivity index (χ4v) is 4.32. The molecule has 116 valence electrons. The summed E-state index contributed by atoms with van der Waals surface area (Å²) in [5.74, 6) is 0.903. The van der Waals surface area contributed by atoms with Crippen LogP contribution in [0.1, 0.15) is 55.4 Å². The molecule has 0 fully saturated rings. The molecule has 0 nitrogen and oxygen atoms in total. The van der Waals surface area contributed by atoms with Gasteiger partial charge in [0.2, 0.25) is 0 Å². The van der Waals surface area contributed by atoms with E-state index in [9.17, 15) is 0 Å². The molecule has 0 N–H and O–H groups in total. The van der Waals surface area contributed by atoms with E-state index in [1.165, 1.54) is 51.0 Å². The van der Waals surface area contributed by atoms with Crippen LogP contribution in [0.5, 0.6) is 0 Å². The Hall–Kier alpha value is -2.08. The number of benzene rings is 1. The molecule has 2 atom stereocenters. The highest BCUT2D eigenvalue weighted by Crippen LogP contribution is 2.52. The van der Waals surface area contributed by atoms with Crippen LogP contribution in [0.4, 0.5) is 0 Å². The van der Waals surface area contributed by atoms with Crippen LogP contribution in [0.2, 0.25) is 0 Å². The second-order valence-electron chi connectivity index (χ2n) is 7.10. The highest BCUT2D eigenvalue weighted by atomic mass is 14.4. The van der Waals surface area contributed by atoms with Crippen molar-refractivity contribution in [3.05, 3.63) is 82.0 Å². The fraction of sp³-hybridized carbons (Fsp3) is 0.304. The summed E-state index contributed by atoms with van der Waals surface area (Å²) >= 11 is 0. The summed E-state index contributed by atoms with van der Waals surface area (Å²) in [6.07, 6.45) is 13.9. The zero-order valence-corrected chi connectivity index (χ0v) is 14.3. The monoisotopic (exact) mass is 300 g/mol. The summed E-state index contributed by atoms with van der Waals surface area (Å²) in [6.45, 7) is 11.3. The molecule has 0 heterocycles. The number of hydrogen-bond donors (Lipinski definition) is 0. The van der Waals surface area contributed by atoms with Gasteiger partial charge in [-0.1, -0.05) is 74.9 Å². The first-order valence-electron chi connectivity index (χ1n) is 8.76. The molecule has 3 aliphatic rings. The van der Waals surface area contributed by atoms with Gasteiger partial charge in [-0.05, 0) is 58.2 Å². The summed E-state index contributed by atoms with van der Waals surface area (Å²) in [5.41, 5.74) is 11.2. The minimum Gasteiger partial charge on any atom is -0.0905 e. The third-order valence-corrected chi connectivity index (χ3v) is 5.41. The molecule has 0 amide bonds. The summed E-state index contributed by atoms with van der Waals surface area (Å²) in [7, 11) is 0. The van der Waals surface area contributed by atoms with Crippen LogP contribution in [-0.4, -0.2) is 0 Å². The molecule has 0 bridgehead atoms. The third kappa shape index (κ3) is 2.05. The van der Waals surface area contributed by atoms with E-state index in [4.69, 9.17) is 0 Å². The van der Waals surface area contributed by atoms with E-state index in [2.05, 4.69) is 69.9 Å². The lowest BCUT2D eigenvalue weighted by molar-refractivity contribution is 0.894. The molecule has 23 heavy (non-hydrogen) atoms. The standard InChI is InChI=1S/C23H24/c1-5-6-17-9-10-18-13-15(3)21-20-12-8-14(2)7-11-19(20)16(4)22(17)23(18)21/h7-14,21H,4-6H2,1-3H3. The number of fused-ring (bicyclic) bond motifs is 1. The Labute approximate surface area is 139 Å². The average molecular weight is 300 g/mol. The first-order valence-corrected chi connectivity index (χ1v) is 8.76. The molecule has 1 aromatic rings. The Morgan fingerprint density at radius 3 is 2.70 bits per heavy atom. The van der Waals surface area contributed by atoms with Crippen molar-refractivity contribution in [2.45, 2.75) is 39.5 Å². The van der Waals surface area contributed by atoms with E-state index in [0.29, 0.717) is 11.8 Å². The Morgan fingerprint density at radius 2 is 1.91 bits per heavy atom. The quantitative estimate of drug-likeness (QED) is 0.607. The average Bonchev–Trinajstić information content (AvgIpc) is 2.73. The van der Waals surface area contributed by atoms with Crippen LogP contribution < -0.4 is 0 Å². The highest BCUT2D eigenvalue weighted by molar-refractivity contribution is 5.93. The van der Waals surface area contributed by atoms with Gasteiger partial charge in [-0.25, -0.2) is 0 Å². The molecule has 0 saturated heterocycles. The normalized spacial score (nSPS) is 24.5. The van der Waals surface area contributed by atoms with Crippen LogP contribution >= 0.6 is 0 Å². The minimum atomic E-state index is 0.420. The maximum atomic E-state index is 4.51. The summed E-state index contributed by atoms with van der Waals surface area (Å²) in [5, 5.41) is 0. The summed E-state index contributed by atoms with van der Waals surface area (Å²) < 4.78 is 0. The van der Waals surface area contributed by atoms with Crippen LogP contribution in [0.15, 0.2) is 59.7 Å². The molecule has 0 aliphatic heterocycles. The van der Waals surface area contributed by atoms with Gasteiger partial charge in [-0.15, -0.1) is 0 Å². The number of rotatable bonds is 2. The van der Waals surface area contributed by atoms with Gasteiger partial charge in [-0.3, -0.25) is 0 Å². The van der Waals surface area contributed by atoms with Crippen LogP contribution in [-0.2, 0) is 6.42 Å². The molecule has 0 saturated carbocycles. The Morgan fingerprint density at radius 1 is 1.13 bits per heavy atom. The van der Waals surface area contributed by atoms with Crippen LogP contribution in [0.25, 0.3) is 11.6 Å². The SMILES string of the molecule is C=C1C2=C(C=CC(C)C=C2)C2C(C)=Cc3ccc(CCC)c1c32. The molecule has 4 rings (SSSR count). The zero-order valence-electron chi connectivity index (χ0n) is 14.3. The molecule has 0 aromatic heterocycles. The van der Waals surface area contributed by atoms with Gasteiger partial charge in [-0.2, -0.15) is 0 Å². The van der Waals surface area contributed by atoms with Crippen molar-refractivity contribution in [3.63, 3.8) is 0 Å². The lowest BCUT2D eigenvalue weighted by atomic mass is 9.73. The van der Waals surface area contributed by atoms with Gasteiger partial charge in [0, 0.05) is 5.92 Å². The van der Waals surface area contributed by atoms with Crippen molar-refractivity contribution < 1.29 is 0 Å². The van der Waals surface area contributed by atoms with Crippen molar-refractivity contribution in [3.8, 4) is 0 Å². The first kappa shape index (κ1) is 14.5. The van der Waals surface area contributed by atoms with E-state index < -0.39 is 0 Å². The number of aryl methyl sites for hydroxylation is 1. The number of hydrogen-bond acceptors (Lipinski definition) is 0. The van der Waals surface area contributed by atoms with Gasteiger partial charge in [0.1, 0.15) is 0 Å². The van der Waals surface area contributed by atoms with Crippen molar-refractivity contribution in [2.24, 2.45) is 5.92 Å². The van der Waals surface area contributed by atoms with E-state index in [1.807, 2.05) is 0 Å². The molecule has 0 radical (unpaired) electrons. The van der Waals surface area contributed by atoms with Crippen molar-refractivity contribution in [1.82, 2.24) is 0 Å². The third-order valence-electron chi connectivity index (χ3n) is 5.41. The Bertz CT molecular complexity index is 824. The predicted molar refractivity (Wildman–Crippen MR) is 100 cm³/mol. The Kier molecular flexibility index (Phi) is 3.30. The summed E-state index contributed by atoms with van der Waals surface area (Å²) in [6, 6.07) is 4.63. The molecular formula is C23H24. The second kappa shape index (κ2) is 5.23. The van der Waals surface area contributed by atoms with E-state index >= 15 is 0 Å². The van der Waals surface area contributed by atoms with Crippen molar-refractivity contribution in [1.29, 1.82) is 0 Å². The van der Waals surface area contributed by atoms with E-state index in [-0.39, 0.29) is 0 Å². The molecular weight excluding hydrogens is 276 g/mol. The Balaban J connectivity index is 2.00. The number of allylic oxidation sites excluding steroid dienone is 8. The van der Waals surface area contributed by atoms with Gasteiger partial charge in [0.15, 0.2) is 0 Å². The van der Waals surface area contributed by atoms with Gasteiger partial charge in [0.25, 0.3) is 0 Å². The molecule has 0 spiro atoms. The molecule has 0 heteroatoms. The zero-order chi connectivity index (χ0) is 16.1. The highest BCUT2D eigenvalue weighted by Gasteiger charge is 2.35. The second-order valence-corrected chi connectivity index (χ2v) is 7.10. The molecule has 3 aliphatic carbocycles. The summed E-state index contributed by atoms with van der Waals surface area (Å²) in [4.78, 5) is 0. The van der Waals surface area contributed by atoms with Crippen LogP contribution in [0.3, 0.4) is 0 Å². The topological polar surface area (TPSA) is 0 Å². The smallest absolute Gasteiger partial charge is 0.0317 e. The van der Waals surface area contributed by atoms with Crippen molar-refractivity contribution >= 4 is 11.6 Å². The lowest BCUT2D eigenvalue weighted by Gasteiger charge is -2.30. The van der Waals surface area contributed by atoms with Gasteiger partial charge < -0.3 is 0 Å². The molecule has 2 unspecified atom stereocenters. The largest absolute Gasteiger partial charge is 0.0905 e. The first-order chi connectivity index (χ1) is 11.1. The van der Waals surface area contributed by atoms with E-state index in [1.54, 1.807) is 0 Å². The van der Waals surface area contributed by atoms with E-state index in [0.717, 1.165) is 6.42 Å².